The third-order valence-electron chi connectivity index (χ3n) is 6.78. The highest BCUT2D eigenvalue weighted by Crippen LogP contribution is 2.30. The van der Waals surface area contributed by atoms with E-state index in [2.05, 4.69) is 5.32 Å². The maximum Gasteiger partial charge on any atom is 0.335 e. The number of esters is 1. The van der Waals surface area contributed by atoms with Gasteiger partial charge in [-0.2, -0.15) is 0 Å². The van der Waals surface area contributed by atoms with Gasteiger partial charge in [0.1, 0.15) is 43.0 Å². The largest absolute Gasteiger partial charge is 0.491 e. The second-order valence-corrected chi connectivity index (χ2v) is 10.2. The zero-order valence-electron chi connectivity index (χ0n) is 24.7. The number of rotatable bonds is 18. The second-order valence-electron chi connectivity index (χ2n) is 10.2. The van der Waals surface area contributed by atoms with Gasteiger partial charge in [0.15, 0.2) is 6.10 Å². The molecular weight excluding hydrogens is 600 g/mol. The number of carbonyl (C=O) groups is 5. The molecule has 5 atom stereocenters. The van der Waals surface area contributed by atoms with Gasteiger partial charge in [0.25, 0.3) is 11.8 Å². The summed E-state index contributed by atoms with van der Waals surface area (Å²) in [6.07, 6.45) is -4.40. The van der Waals surface area contributed by atoms with Crippen LogP contribution in [0.5, 0.6) is 11.5 Å². The first-order valence-electron chi connectivity index (χ1n) is 14.3. The fourth-order valence-corrected chi connectivity index (χ4v) is 4.36. The van der Waals surface area contributed by atoms with E-state index in [1.807, 2.05) is 0 Å². The third kappa shape index (κ3) is 10.8. The molecular formula is C29H38N2O14. The summed E-state index contributed by atoms with van der Waals surface area (Å²) in [7, 11) is 0. The monoisotopic (exact) mass is 638 g/mol. The SMILES string of the molecule is CC(=O)OCc1ccc(OCCOCCNC(=O)CCCCCN2C(=O)C=CC2=O)cc1O[C@@H]1O[C@H](C(=O)O)[C@@H](O)[C@H](O)[C@H]1O. The van der Waals surface area contributed by atoms with Crippen molar-refractivity contribution in [1.29, 1.82) is 0 Å². The summed E-state index contributed by atoms with van der Waals surface area (Å²) < 4.78 is 27.0. The minimum atomic E-state index is -1.89. The van der Waals surface area contributed by atoms with Gasteiger partial charge in [-0.3, -0.25) is 24.1 Å². The van der Waals surface area contributed by atoms with Crippen LogP contribution >= 0.6 is 0 Å². The predicted octanol–water partition coefficient (Wildman–Crippen LogP) is -0.982. The number of carboxylic acid groups (broad SMARTS) is 1. The number of unbranched alkanes of at least 4 members (excludes halogenated alkanes) is 2. The number of aliphatic hydroxyl groups excluding tert-OH is 3. The number of aliphatic carboxylic acids is 1. The standard InChI is InChI=1S/C29H38N2O14/c1-17(32)43-16-18-6-7-19(15-20(18)44-29-26(38)24(36)25(37)27(45-29)28(39)40)42-14-13-41-12-10-30-21(33)5-3-2-4-11-31-22(34)8-9-23(31)35/h6-9,15,24-27,29,36-38H,2-5,10-14,16H2,1H3,(H,30,33)(H,39,40)/t24-,25-,26+,27-,29+/m0/s1. The highest BCUT2D eigenvalue weighted by atomic mass is 16.7. The first kappa shape index (κ1) is 35.4. The summed E-state index contributed by atoms with van der Waals surface area (Å²) in [5.74, 6) is -2.64. The molecule has 0 radical (unpaired) electrons. The minimum absolute atomic E-state index is 0.00388. The molecule has 0 aliphatic carbocycles. The van der Waals surface area contributed by atoms with Crippen LogP contribution in [0, 0.1) is 0 Å². The molecule has 45 heavy (non-hydrogen) atoms. The second kappa shape index (κ2) is 17.4. The van der Waals surface area contributed by atoms with Crippen LogP contribution in [0.3, 0.4) is 0 Å². The third-order valence-corrected chi connectivity index (χ3v) is 6.78. The van der Waals surface area contributed by atoms with Crippen LogP contribution in [0.15, 0.2) is 30.4 Å². The van der Waals surface area contributed by atoms with Crippen LogP contribution in [0.25, 0.3) is 0 Å². The molecule has 2 aliphatic heterocycles. The van der Waals surface area contributed by atoms with Gasteiger partial charge >= 0.3 is 11.9 Å². The molecule has 16 heteroatoms. The number of hydrogen-bond acceptors (Lipinski definition) is 13. The summed E-state index contributed by atoms with van der Waals surface area (Å²) >= 11 is 0. The van der Waals surface area contributed by atoms with Crippen LogP contribution < -0.4 is 14.8 Å². The first-order chi connectivity index (χ1) is 21.5. The number of aliphatic hydroxyl groups is 3. The Morgan fingerprint density at radius 1 is 0.956 bits per heavy atom. The van der Waals surface area contributed by atoms with E-state index in [4.69, 9.17) is 23.7 Å². The molecule has 0 spiro atoms. The molecule has 0 aromatic heterocycles. The van der Waals surface area contributed by atoms with Crippen LogP contribution in [0.4, 0.5) is 0 Å². The van der Waals surface area contributed by atoms with Crippen molar-refractivity contribution in [2.75, 3.05) is 32.9 Å². The smallest absolute Gasteiger partial charge is 0.335 e. The lowest BCUT2D eigenvalue weighted by Crippen LogP contribution is -2.61. The Morgan fingerprint density at radius 3 is 2.38 bits per heavy atom. The molecule has 3 amide bonds. The lowest BCUT2D eigenvalue weighted by molar-refractivity contribution is -0.271. The number of carbonyl (C=O) groups excluding carboxylic acids is 4. The van der Waals surface area contributed by atoms with E-state index in [1.165, 1.54) is 36.1 Å². The quantitative estimate of drug-likeness (QED) is 0.0740. The molecule has 2 heterocycles. The van der Waals surface area contributed by atoms with E-state index in [-0.39, 0.29) is 62.2 Å². The van der Waals surface area contributed by atoms with Crippen LogP contribution in [-0.2, 0) is 44.8 Å². The Bertz CT molecular complexity index is 1220. The Hall–Kier alpha value is -4.09. The van der Waals surface area contributed by atoms with E-state index in [1.54, 1.807) is 6.07 Å². The zero-order valence-corrected chi connectivity index (χ0v) is 24.7. The number of ether oxygens (including phenoxy) is 5. The van der Waals surface area contributed by atoms with Crippen molar-refractivity contribution < 1.29 is 68.1 Å². The van der Waals surface area contributed by atoms with E-state index in [0.29, 0.717) is 37.8 Å². The summed E-state index contributed by atoms with van der Waals surface area (Å²) in [4.78, 5) is 58.9. The van der Waals surface area contributed by atoms with E-state index >= 15 is 0 Å². The lowest BCUT2D eigenvalue weighted by atomic mass is 9.99. The number of imide groups is 1. The molecule has 1 aromatic rings. The number of nitrogens with zero attached hydrogens (tertiary/aromatic N) is 1. The van der Waals surface area contributed by atoms with Crippen molar-refractivity contribution >= 4 is 29.7 Å². The topological polar surface area (TPSA) is 228 Å². The summed E-state index contributed by atoms with van der Waals surface area (Å²) in [6, 6.07) is 4.46. The zero-order chi connectivity index (χ0) is 32.9. The minimum Gasteiger partial charge on any atom is -0.491 e. The van der Waals surface area contributed by atoms with Crippen molar-refractivity contribution in [2.45, 2.75) is 69.9 Å². The van der Waals surface area contributed by atoms with Gasteiger partial charge in [0, 0.05) is 50.2 Å². The number of nitrogens with one attached hydrogen (secondary N) is 1. The molecule has 1 aromatic carbocycles. The fraction of sp³-hybridized carbons (Fsp3) is 0.552. The number of carboxylic acids is 1. The maximum atomic E-state index is 12.0. The first-order valence-corrected chi connectivity index (χ1v) is 14.3. The Morgan fingerprint density at radius 2 is 1.69 bits per heavy atom. The maximum absolute atomic E-state index is 12.0. The van der Waals surface area contributed by atoms with Gasteiger partial charge in [-0.1, -0.05) is 6.42 Å². The van der Waals surface area contributed by atoms with Crippen molar-refractivity contribution in [3.8, 4) is 11.5 Å². The molecule has 248 valence electrons. The molecule has 2 aliphatic rings. The molecule has 5 N–H and O–H groups in total. The van der Waals surface area contributed by atoms with Gasteiger partial charge in [-0.25, -0.2) is 4.79 Å². The predicted molar refractivity (Wildman–Crippen MR) is 151 cm³/mol. The molecule has 1 fully saturated rings. The van der Waals surface area contributed by atoms with Crippen molar-refractivity contribution in [1.82, 2.24) is 10.2 Å². The average Bonchev–Trinajstić information content (AvgIpc) is 3.32. The van der Waals surface area contributed by atoms with Gasteiger partial charge in [-0.05, 0) is 25.0 Å². The fourth-order valence-electron chi connectivity index (χ4n) is 4.36. The summed E-state index contributed by atoms with van der Waals surface area (Å²) in [6.45, 7) is 2.09. The lowest BCUT2D eigenvalue weighted by Gasteiger charge is -2.38. The average molecular weight is 639 g/mol. The Balaban J connectivity index is 1.38. The summed E-state index contributed by atoms with van der Waals surface area (Å²) in [5.41, 5.74) is 0.321. The summed E-state index contributed by atoms with van der Waals surface area (Å²) in [5, 5.41) is 42.3. The number of amides is 3. The molecule has 16 nitrogen and oxygen atoms in total. The van der Waals surface area contributed by atoms with E-state index in [0.717, 1.165) is 0 Å². The van der Waals surface area contributed by atoms with Crippen LogP contribution in [0.2, 0.25) is 0 Å². The van der Waals surface area contributed by atoms with Crippen LogP contribution in [-0.4, -0.2) is 119 Å². The van der Waals surface area contributed by atoms with Crippen molar-refractivity contribution in [3.63, 3.8) is 0 Å². The van der Waals surface area contributed by atoms with E-state index in [9.17, 15) is 44.4 Å². The molecule has 0 bridgehead atoms. The highest BCUT2D eigenvalue weighted by molar-refractivity contribution is 6.12. The van der Waals surface area contributed by atoms with E-state index < -0.39 is 42.6 Å². The van der Waals surface area contributed by atoms with Gasteiger partial charge in [-0.15, -0.1) is 0 Å². The molecule has 0 saturated carbocycles. The van der Waals surface area contributed by atoms with Gasteiger partial charge in [0.2, 0.25) is 12.2 Å². The van der Waals surface area contributed by atoms with Crippen molar-refractivity contribution in [3.05, 3.63) is 35.9 Å². The number of benzene rings is 1. The van der Waals surface area contributed by atoms with Gasteiger partial charge in [0.05, 0.1) is 13.2 Å². The van der Waals surface area contributed by atoms with Crippen molar-refractivity contribution in [2.24, 2.45) is 0 Å². The highest BCUT2D eigenvalue weighted by Gasteiger charge is 2.48. The Kier molecular flexibility index (Phi) is 13.7. The van der Waals surface area contributed by atoms with Gasteiger partial charge < -0.3 is 49.4 Å². The Labute approximate surface area is 258 Å². The van der Waals surface area contributed by atoms with Crippen LogP contribution in [0.1, 0.15) is 38.2 Å². The molecule has 1 saturated heterocycles. The molecule has 3 rings (SSSR count). The molecule has 0 unspecified atom stereocenters. The number of hydrogen-bond donors (Lipinski definition) is 5. The normalized spacial score (nSPS) is 22.8.